The fourth-order valence-corrected chi connectivity index (χ4v) is 1.62. The molecule has 0 atom stereocenters. The van der Waals surface area contributed by atoms with Crippen molar-refractivity contribution >= 4 is 24.5 Å². The third-order valence-electron chi connectivity index (χ3n) is 2.22. The molecule has 1 radical (unpaired) electrons. The van der Waals surface area contributed by atoms with Gasteiger partial charge < -0.3 is 5.02 Å². The lowest BCUT2D eigenvalue weighted by Gasteiger charge is -2.02. The Kier molecular flexibility index (Phi) is 3.09. The summed E-state index contributed by atoms with van der Waals surface area (Å²) in [6, 6.07) is 15.3. The largest absolute Gasteiger partial charge is 0.450 e. The second-order valence-electron chi connectivity index (χ2n) is 3.26. The predicted molar refractivity (Wildman–Crippen MR) is 64.5 cm³/mol. The zero-order valence-corrected chi connectivity index (χ0v) is 8.78. The molecular weight excluding hydrogens is 206 g/mol. The molecule has 0 aliphatic heterocycles. The Labute approximate surface area is 94.6 Å². The Morgan fingerprint density at radius 2 is 1.67 bits per heavy atom. The number of hydrogen-bond acceptors (Lipinski definition) is 1. The fourth-order valence-electron chi connectivity index (χ4n) is 1.43. The first-order valence-electron chi connectivity index (χ1n) is 4.63. The molecule has 3 heteroatoms. The molecule has 2 aromatic carbocycles. The monoisotopic (exact) mass is 215 g/mol. The van der Waals surface area contributed by atoms with Crippen LogP contribution in [0.5, 0.6) is 0 Å². The Morgan fingerprint density at radius 1 is 0.933 bits per heavy atom. The van der Waals surface area contributed by atoms with Crippen molar-refractivity contribution in [2.24, 2.45) is 0 Å². The van der Waals surface area contributed by atoms with Crippen molar-refractivity contribution in [3.8, 4) is 11.1 Å². The standard InChI is InChI=1S/C12H9BClO/c14-12-3-1-2-10(8-12)9-4-6-11(13-15)7-5-9/h1-8,15H. The van der Waals surface area contributed by atoms with Crippen molar-refractivity contribution in [2.75, 3.05) is 0 Å². The molecule has 15 heavy (non-hydrogen) atoms. The van der Waals surface area contributed by atoms with E-state index in [4.69, 9.17) is 16.6 Å². The first-order valence-corrected chi connectivity index (χ1v) is 5.01. The van der Waals surface area contributed by atoms with Gasteiger partial charge in [0, 0.05) is 5.02 Å². The van der Waals surface area contributed by atoms with Gasteiger partial charge in [0.2, 0.25) is 0 Å². The van der Waals surface area contributed by atoms with E-state index in [0.29, 0.717) is 0 Å². The van der Waals surface area contributed by atoms with Crippen molar-refractivity contribution in [2.45, 2.75) is 0 Å². The van der Waals surface area contributed by atoms with Crippen LogP contribution in [-0.4, -0.2) is 12.5 Å². The highest BCUT2D eigenvalue weighted by molar-refractivity contribution is 6.45. The summed E-state index contributed by atoms with van der Waals surface area (Å²) in [6.07, 6.45) is 0. The lowest BCUT2D eigenvalue weighted by molar-refractivity contribution is 0.615. The van der Waals surface area contributed by atoms with Gasteiger partial charge in [-0.25, -0.2) is 0 Å². The molecule has 0 heterocycles. The van der Waals surface area contributed by atoms with Crippen molar-refractivity contribution in [3.05, 3.63) is 53.6 Å². The molecule has 0 fully saturated rings. The van der Waals surface area contributed by atoms with Crippen LogP contribution in [0, 0.1) is 0 Å². The molecule has 0 aliphatic carbocycles. The number of hydrogen-bond donors (Lipinski definition) is 1. The van der Waals surface area contributed by atoms with Gasteiger partial charge in [-0.2, -0.15) is 0 Å². The Bertz CT molecular complexity index is 453. The maximum Gasteiger partial charge on any atom is 0.326 e. The van der Waals surface area contributed by atoms with Gasteiger partial charge in [-0.1, -0.05) is 53.5 Å². The van der Waals surface area contributed by atoms with E-state index in [-0.39, 0.29) is 0 Å². The first kappa shape index (κ1) is 10.3. The maximum atomic E-state index is 8.80. The van der Waals surface area contributed by atoms with Gasteiger partial charge >= 0.3 is 7.48 Å². The van der Waals surface area contributed by atoms with Gasteiger partial charge in [0.05, 0.1) is 0 Å². The minimum absolute atomic E-state index is 0.727. The molecule has 0 amide bonds. The summed E-state index contributed by atoms with van der Waals surface area (Å²) in [5, 5.41) is 9.52. The summed E-state index contributed by atoms with van der Waals surface area (Å²) in [6.45, 7) is 0. The lowest BCUT2D eigenvalue weighted by Crippen LogP contribution is -2.11. The second-order valence-corrected chi connectivity index (χ2v) is 3.70. The zero-order chi connectivity index (χ0) is 10.7. The Hall–Kier alpha value is -1.25. The molecule has 2 rings (SSSR count). The number of benzene rings is 2. The summed E-state index contributed by atoms with van der Waals surface area (Å²) in [5.41, 5.74) is 2.95. The van der Waals surface area contributed by atoms with E-state index in [1.807, 2.05) is 48.5 Å². The van der Waals surface area contributed by atoms with Crippen molar-refractivity contribution in [1.82, 2.24) is 0 Å². The molecule has 0 saturated carbocycles. The predicted octanol–water partition coefficient (Wildman–Crippen LogP) is 2.24. The van der Waals surface area contributed by atoms with Crippen molar-refractivity contribution in [1.29, 1.82) is 0 Å². The summed E-state index contributed by atoms with van der Waals surface area (Å²) >= 11 is 5.91. The molecule has 0 aliphatic rings. The maximum absolute atomic E-state index is 8.80. The molecule has 2 aromatic rings. The van der Waals surface area contributed by atoms with Crippen molar-refractivity contribution in [3.63, 3.8) is 0 Å². The molecule has 0 aromatic heterocycles. The molecule has 0 saturated heterocycles. The minimum atomic E-state index is 0.727. The quantitative estimate of drug-likeness (QED) is 0.762. The summed E-state index contributed by atoms with van der Waals surface area (Å²) < 4.78 is 0. The Morgan fingerprint density at radius 3 is 2.27 bits per heavy atom. The third-order valence-corrected chi connectivity index (χ3v) is 2.45. The van der Waals surface area contributed by atoms with Crippen LogP contribution in [-0.2, 0) is 0 Å². The molecule has 0 spiro atoms. The third kappa shape index (κ3) is 2.41. The van der Waals surface area contributed by atoms with Crippen LogP contribution in [0.3, 0.4) is 0 Å². The van der Waals surface area contributed by atoms with Crippen LogP contribution >= 0.6 is 11.6 Å². The normalized spacial score (nSPS) is 10.0. The van der Waals surface area contributed by atoms with E-state index < -0.39 is 0 Å². The van der Waals surface area contributed by atoms with Gasteiger partial charge in [-0.05, 0) is 23.3 Å². The molecule has 0 unspecified atom stereocenters. The van der Waals surface area contributed by atoms with Gasteiger partial charge in [0.15, 0.2) is 0 Å². The first-order chi connectivity index (χ1) is 7.29. The van der Waals surface area contributed by atoms with Gasteiger partial charge in [-0.3, -0.25) is 0 Å². The van der Waals surface area contributed by atoms with E-state index in [9.17, 15) is 0 Å². The van der Waals surface area contributed by atoms with Gasteiger partial charge in [-0.15, -0.1) is 0 Å². The highest BCUT2D eigenvalue weighted by Crippen LogP contribution is 2.21. The molecule has 0 bridgehead atoms. The molecule has 1 nitrogen and oxygen atoms in total. The van der Waals surface area contributed by atoms with E-state index in [2.05, 4.69) is 0 Å². The van der Waals surface area contributed by atoms with Gasteiger partial charge in [0.25, 0.3) is 0 Å². The highest BCUT2D eigenvalue weighted by Gasteiger charge is 1.98. The highest BCUT2D eigenvalue weighted by atomic mass is 35.5. The summed E-state index contributed by atoms with van der Waals surface area (Å²) in [7, 11) is 1.09. The average Bonchev–Trinajstić information content (AvgIpc) is 2.29. The Balaban J connectivity index is 2.37. The van der Waals surface area contributed by atoms with E-state index in [0.717, 1.165) is 29.1 Å². The van der Waals surface area contributed by atoms with Crippen LogP contribution in [0.1, 0.15) is 0 Å². The van der Waals surface area contributed by atoms with Crippen LogP contribution in [0.15, 0.2) is 48.5 Å². The second kappa shape index (κ2) is 4.52. The van der Waals surface area contributed by atoms with Crippen molar-refractivity contribution < 1.29 is 5.02 Å². The molecular formula is C12H9BClO. The van der Waals surface area contributed by atoms with Crippen LogP contribution < -0.4 is 5.46 Å². The molecule has 1 N–H and O–H groups in total. The SMILES string of the molecule is O[B]c1ccc(-c2cccc(Cl)c2)cc1. The van der Waals surface area contributed by atoms with E-state index >= 15 is 0 Å². The number of halogens is 1. The molecule has 73 valence electrons. The smallest absolute Gasteiger partial charge is 0.326 e. The zero-order valence-electron chi connectivity index (χ0n) is 8.02. The fraction of sp³-hybridized carbons (Fsp3) is 0. The van der Waals surface area contributed by atoms with Crippen LogP contribution in [0.4, 0.5) is 0 Å². The van der Waals surface area contributed by atoms with Crippen LogP contribution in [0.25, 0.3) is 11.1 Å². The summed E-state index contributed by atoms with van der Waals surface area (Å²) in [5.74, 6) is 0. The average molecular weight is 215 g/mol. The van der Waals surface area contributed by atoms with Gasteiger partial charge in [0.1, 0.15) is 0 Å². The minimum Gasteiger partial charge on any atom is -0.450 e. The van der Waals surface area contributed by atoms with E-state index in [1.54, 1.807) is 0 Å². The summed E-state index contributed by atoms with van der Waals surface area (Å²) in [4.78, 5) is 0. The number of rotatable bonds is 2. The van der Waals surface area contributed by atoms with E-state index in [1.165, 1.54) is 0 Å². The lowest BCUT2D eigenvalue weighted by atomic mass is 9.87. The van der Waals surface area contributed by atoms with Crippen LogP contribution in [0.2, 0.25) is 5.02 Å². The topological polar surface area (TPSA) is 20.2 Å².